The number of amides is 2. The monoisotopic (exact) mass is 1000 g/mol. The van der Waals surface area contributed by atoms with Crippen LogP contribution in [0.15, 0.2) is 47.6 Å². The molecule has 1 saturated carbocycles. The Balaban J connectivity index is 1.69. The van der Waals surface area contributed by atoms with Crippen LogP contribution in [0.4, 0.5) is 4.79 Å². The summed E-state index contributed by atoms with van der Waals surface area (Å²) in [5, 5.41) is 24.5. The lowest BCUT2D eigenvalue weighted by Gasteiger charge is -2.42. The van der Waals surface area contributed by atoms with Crippen LogP contribution in [0.5, 0.6) is 0 Å². The van der Waals surface area contributed by atoms with Crippen LogP contribution in [0.25, 0.3) is 0 Å². The number of cyclic esters (lactones) is 1. The van der Waals surface area contributed by atoms with Crippen LogP contribution >= 0.6 is 0 Å². The highest BCUT2D eigenvalue weighted by Crippen LogP contribution is 2.38. The van der Waals surface area contributed by atoms with Gasteiger partial charge in [0.15, 0.2) is 5.78 Å². The van der Waals surface area contributed by atoms with Gasteiger partial charge in [0.2, 0.25) is 5.79 Å². The third-order valence-electron chi connectivity index (χ3n) is 15.2. The van der Waals surface area contributed by atoms with E-state index in [0.29, 0.717) is 69.8 Å². The molecule has 0 aromatic rings. The van der Waals surface area contributed by atoms with Crippen molar-refractivity contribution in [2.45, 2.75) is 180 Å². The summed E-state index contributed by atoms with van der Waals surface area (Å²) < 4.78 is 35.4. The van der Waals surface area contributed by atoms with Gasteiger partial charge in [-0.2, -0.15) is 5.06 Å². The fourth-order valence-electron chi connectivity index (χ4n) is 10.5. The van der Waals surface area contributed by atoms with Gasteiger partial charge in [-0.05, 0) is 107 Å². The molecule has 3 heterocycles. The Bertz CT molecular complexity index is 1950. The van der Waals surface area contributed by atoms with E-state index in [1.165, 1.54) is 26.2 Å². The molecule has 2 saturated heterocycles. The lowest BCUT2D eigenvalue weighted by atomic mass is 9.78. The Kier molecular flexibility index (Phi) is 23.3. The van der Waals surface area contributed by atoms with Crippen molar-refractivity contribution < 1.29 is 72.2 Å². The van der Waals surface area contributed by atoms with Crippen LogP contribution in [0.1, 0.15) is 126 Å². The lowest BCUT2D eigenvalue weighted by Crippen LogP contribution is -2.61. The summed E-state index contributed by atoms with van der Waals surface area (Å²) in [5.74, 6) is -8.34. The molecule has 3 aliphatic heterocycles. The highest BCUT2D eigenvalue weighted by atomic mass is 16.7. The highest BCUT2D eigenvalue weighted by Gasteiger charge is 2.53. The molecule has 0 radical (unpaired) electrons. The first-order valence-electron chi connectivity index (χ1n) is 25.6. The Hall–Kier alpha value is -4.10. The third-order valence-corrected chi connectivity index (χ3v) is 15.2. The number of ketones is 3. The smallest absolute Gasteiger partial charge is 0.434 e. The molecule has 17 heteroatoms. The second-order valence-electron chi connectivity index (χ2n) is 20.6. The normalized spacial score (nSPS) is 36.7. The number of Topliss-reactive ketones (excluding diaryl/α,β-unsaturated/α-hetero) is 3. The molecule has 15 atom stereocenters. The summed E-state index contributed by atoms with van der Waals surface area (Å²) in [6.07, 6.45) is 9.88. The summed E-state index contributed by atoms with van der Waals surface area (Å²) in [4.78, 5) is 89.8. The minimum absolute atomic E-state index is 0.00393. The molecule has 2 amide bonds. The topological polar surface area (TPSA) is 214 Å². The van der Waals surface area contributed by atoms with E-state index in [0.717, 1.165) is 10.6 Å². The number of hydrogen-bond donors (Lipinski definition) is 2. The number of aliphatic hydroxyl groups is 2. The van der Waals surface area contributed by atoms with Crippen molar-refractivity contribution in [3.05, 3.63) is 47.6 Å². The molecule has 0 aromatic heterocycles. The number of allylic oxidation sites excluding steroid dienone is 6. The number of carbonyl (C=O) groups is 6. The zero-order chi connectivity index (χ0) is 52.7. The van der Waals surface area contributed by atoms with Gasteiger partial charge in [-0.15, -0.1) is 0 Å². The standard InChI is InChI=1S/C54H84N2O15/c1-32-18-14-13-15-19-33(2)44(65-9)30-40-23-21-38(7)54(64,71-40)50(60)51(61)56-25-17-16-20-41(56)52(62)69-45(31-42(57)34(3)27-37(6)48(59)49(67-11)47(58)36(5)26-32)35(4)28-39-22-24-43(46(29-39)66-10)70-53(63)55(8)68-12/h13-15,18-19,27,32,34-36,38-41,43-46,48-49,59,64H,16-17,20-26,28-31H2,1-12H3/b15-13?,18-14+,33-19?,37-27+/t32-,34-,35-,36-,38-,39+,40+,41+,43-,44+,45+,46-,48-,49+,54-/m1/s1. The van der Waals surface area contributed by atoms with Gasteiger partial charge in [0.05, 0.1) is 25.4 Å². The average Bonchev–Trinajstić information content (AvgIpc) is 3.35. The Morgan fingerprint density at radius 3 is 2.25 bits per heavy atom. The molecule has 0 aromatic carbocycles. The average molecular weight is 1000 g/mol. The van der Waals surface area contributed by atoms with E-state index in [2.05, 4.69) is 0 Å². The molecule has 1 aliphatic carbocycles. The van der Waals surface area contributed by atoms with E-state index in [1.54, 1.807) is 48.0 Å². The fourth-order valence-corrected chi connectivity index (χ4v) is 10.5. The summed E-state index contributed by atoms with van der Waals surface area (Å²) >= 11 is 0. The Morgan fingerprint density at radius 2 is 1.59 bits per heavy atom. The number of ether oxygens (including phenoxy) is 6. The minimum Gasteiger partial charge on any atom is -0.460 e. The van der Waals surface area contributed by atoms with Gasteiger partial charge in [-0.25, -0.2) is 9.59 Å². The van der Waals surface area contributed by atoms with Crippen LogP contribution in [-0.2, 0) is 57.2 Å². The molecule has 17 nitrogen and oxygen atoms in total. The fraction of sp³-hybridized carbons (Fsp3) is 0.741. The number of carbonyl (C=O) groups excluding carboxylic acids is 6. The number of methoxy groups -OCH3 is 3. The van der Waals surface area contributed by atoms with Gasteiger partial charge in [-0.1, -0.05) is 71.1 Å². The van der Waals surface area contributed by atoms with Crippen LogP contribution in [0.3, 0.4) is 0 Å². The van der Waals surface area contributed by atoms with Crippen molar-refractivity contribution in [2.75, 3.05) is 42.0 Å². The summed E-state index contributed by atoms with van der Waals surface area (Å²) in [7, 11) is 7.30. The number of hydrogen-bond acceptors (Lipinski definition) is 15. The van der Waals surface area contributed by atoms with Crippen LogP contribution in [0.2, 0.25) is 0 Å². The summed E-state index contributed by atoms with van der Waals surface area (Å²) in [6.45, 7) is 12.6. The number of nitrogens with zero attached hydrogens (tertiary/aromatic N) is 2. The molecule has 4 aliphatic rings. The van der Waals surface area contributed by atoms with E-state index in [4.69, 9.17) is 33.3 Å². The maximum Gasteiger partial charge on any atom is 0.434 e. The van der Waals surface area contributed by atoms with Gasteiger partial charge >= 0.3 is 12.1 Å². The van der Waals surface area contributed by atoms with Crippen LogP contribution < -0.4 is 0 Å². The van der Waals surface area contributed by atoms with E-state index in [-0.39, 0.29) is 42.8 Å². The summed E-state index contributed by atoms with van der Waals surface area (Å²) in [6, 6.07) is -1.18. The molecule has 400 valence electrons. The molecule has 4 rings (SSSR count). The maximum absolute atomic E-state index is 14.5. The molecule has 2 bridgehead atoms. The Morgan fingerprint density at radius 1 is 0.873 bits per heavy atom. The number of hydroxylamine groups is 2. The third kappa shape index (κ3) is 15.9. The maximum atomic E-state index is 14.5. The van der Waals surface area contributed by atoms with Crippen molar-refractivity contribution in [1.82, 2.24) is 9.96 Å². The molecular formula is C54H84N2O15. The molecular weight excluding hydrogens is 917 g/mol. The predicted octanol–water partition coefficient (Wildman–Crippen LogP) is 6.82. The van der Waals surface area contributed by atoms with E-state index >= 15 is 0 Å². The first-order valence-corrected chi connectivity index (χ1v) is 25.6. The second-order valence-corrected chi connectivity index (χ2v) is 20.6. The van der Waals surface area contributed by atoms with Crippen molar-refractivity contribution in [1.29, 1.82) is 0 Å². The van der Waals surface area contributed by atoms with Crippen LogP contribution in [0, 0.1) is 35.5 Å². The molecule has 0 spiro atoms. The first kappa shape index (κ1) is 59.5. The van der Waals surface area contributed by atoms with E-state index in [1.807, 2.05) is 51.2 Å². The summed E-state index contributed by atoms with van der Waals surface area (Å²) in [5.41, 5.74) is 1.24. The van der Waals surface area contributed by atoms with Gasteiger partial charge < -0.3 is 43.5 Å². The first-order chi connectivity index (χ1) is 33.6. The molecule has 2 N–H and O–H groups in total. The minimum atomic E-state index is -2.45. The SMILES string of the molecule is CO[C@H]1C[C@@H]2CC[C@@H](C)[C@@](O)(O2)C(=O)C(=O)N2CCCC[C@H]2C(=O)O[C@H]([C@H](C)C[C@@H]2CC[C@@H](OC(=O)N(C)OC)[C@H](OC)C2)CC(=O)[C@H](C)/C=C(\C)[C@@H](O)[C@@H](OC)C(=O)[C@H](C)C[C@H](C)/C=C/C=CC=C1C. The number of esters is 1. The number of piperidine rings is 1. The van der Waals surface area contributed by atoms with Crippen molar-refractivity contribution >= 4 is 35.3 Å². The van der Waals surface area contributed by atoms with Gasteiger partial charge in [0, 0.05) is 65.5 Å². The number of fused-ring (bicyclic) bond motifs is 3. The number of aliphatic hydroxyl groups excluding tert-OH is 1. The predicted molar refractivity (Wildman–Crippen MR) is 264 cm³/mol. The largest absolute Gasteiger partial charge is 0.460 e. The molecule has 71 heavy (non-hydrogen) atoms. The van der Waals surface area contributed by atoms with Gasteiger partial charge in [0.1, 0.15) is 36.2 Å². The van der Waals surface area contributed by atoms with Crippen LogP contribution in [-0.4, -0.2) is 152 Å². The highest BCUT2D eigenvalue weighted by molar-refractivity contribution is 6.39. The van der Waals surface area contributed by atoms with Crippen molar-refractivity contribution in [3.63, 3.8) is 0 Å². The molecule has 3 fully saturated rings. The van der Waals surface area contributed by atoms with Gasteiger partial charge in [-0.3, -0.25) is 24.0 Å². The Labute approximate surface area is 421 Å². The number of rotatable bonds is 8. The molecule has 0 unspecified atom stereocenters. The van der Waals surface area contributed by atoms with Gasteiger partial charge in [0.25, 0.3) is 11.7 Å². The van der Waals surface area contributed by atoms with E-state index in [9.17, 15) is 39.0 Å². The second kappa shape index (κ2) is 27.8. The zero-order valence-electron chi connectivity index (χ0n) is 44.3. The lowest BCUT2D eigenvalue weighted by molar-refractivity contribution is -0.265. The van der Waals surface area contributed by atoms with Crippen molar-refractivity contribution in [2.24, 2.45) is 35.5 Å². The van der Waals surface area contributed by atoms with E-state index < -0.39 is 102 Å². The van der Waals surface area contributed by atoms with Crippen molar-refractivity contribution in [3.8, 4) is 0 Å². The quantitative estimate of drug-likeness (QED) is 0.111. The zero-order valence-corrected chi connectivity index (χ0v) is 44.3.